The van der Waals surface area contributed by atoms with Gasteiger partial charge in [-0.15, -0.1) is 0 Å². The van der Waals surface area contributed by atoms with E-state index in [0.717, 1.165) is 47.9 Å². The van der Waals surface area contributed by atoms with Crippen molar-refractivity contribution >= 4 is 17.0 Å². The molecule has 1 saturated heterocycles. The average molecular weight is 534 g/mol. The van der Waals surface area contributed by atoms with Crippen LogP contribution in [0, 0.1) is 12.8 Å². The third-order valence-corrected chi connectivity index (χ3v) is 7.93. The molecule has 3 rings (SSSR count). The van der Waals surface area contributed by atoms with Gasteiger partial charge in [0.2, 0.25) is 0 Å². The quantitative estimate of drug-likeness (QED) is 0.211. The van der Waals surface area contributed by atoms with Crippen LogP contribution in [0.3, 0.4) is 0 Å². The van der Waals surface area contributed by atoms with E-state index in [0.29, 0.717) is 23.1 Å². The Morgan fingerprint density at radius 3 is 2.49 bits per heavy atom. The van der Waals surface area contributed by atoms with Crippen LogP contribution < -0.4 is 10.5 Å². The molecule has 0 aromatic carbocycles. The second kappa shape index (κ2) is 15.0. The van der Waals surface area contributed by atoms with Crippen molar-refractivity contribution in [3.8, 4) is 0 Å². The van der Waals surface area contributed by atoms with Gasteiger partial charge in [0.05, 0.1) is 17.1 Å². The van der Waals surface area contributed by atoms with Crippen LogP contribution in [0.15, 0.2) is 63.6 Å². The van der Waals surface area contributed by atoms with Gasteiger partial charge in [0, 0.05) is 45.0 Å². The number of rotatable bonds is 8. The van der Waals surface area contributed by atoms with Crippen molar-refractivity contribution in [1.29, 1.82) is 0 Å². The van der Waals surface area contributed by atoms with Crippen molar-refractivity contribution in [1.82, 2.24) is 14.3 Å². The molecule has 0 radical (unpaired) electrons. The fourth-order valence-corrected chi connectivity index (χ4v) is 4.41. The maximum absolute atomic E-state index is 12.9. The highest BCUT2D eigenvalue weighted by Crippen LogP contribution is 2.22. The molecule has 0 saturated carbocycles. The van der Waals surface area contributed by atoms with Crippen molar-refractivity contribution in [2.45, 2.75) is 80.7 Å². The highest BCUT2D eigenvalue weighted by molar-refractivity contribution is 6.08. The SMILES string of the molecule is C=C(C)/C(C)=C/C(=NC)c1cc(=O)n2cc(N3CCN(C)[C@H](C)C3)cc(C)c2n1.CCC/C=C(/C)C(C)CC. The van der Waals surface area contributed by atoms with Crippen LogP contribution in [-0.4, -0.2) is 59.8 Å². The Morgan fingerprint density at radius 1 is 1.23 bits per heavy atom. The molecule has 0 N–H and O–H groups in total. The van der Waals surface area contributed by atoms with Gasteiger partial charge < -0.3 is 9.80 Å². The minimum atomic E-state index is -0.0975. The molecule has 1 fully saturated rings. The lowest BCUT2D eigenvalue weighted by molar-refractivity contribution is 0.234. The number of likely N-dealkylation sites (N-methyl/N-ethyl adjacent to an activating group) is 1. The van der Waals surface area contributed by atoms with E-state index in [1.54, 1.807) is 23.1 Å². The van der Waals surface area contributed by atoms with Crippen LogP contribution in [0.5, 0.6) is 0 Å². The number of pyridine rings is 1. The third kappa shape index (κ3) is 8.76. The number of aryl methyl sites for hydroxylation is 1. The smallest absolute Gasteiger partial charge is 0.258 e. The summed E-state index contributed by atoms with van der Waals surface area (Å²) in [6.45, 7) is 24.0. The highest BCUT2D eigenvalue weighted by atomic mass is 16.1. The predicted octanol–water partition coefficient (Wildman–Crippen LogP) is 6.86. The van der Waals surface area contributed by atoms with Crippen LogP contribution in [-0.2, 0) is 0 Å². The molecule has 2 aromatic rings. The maximum atomic E-state index is 12.9. The Kier molecular flexibility index (Phi) is 12.4. The lowest BCUT2D eigenvalue weighted by atomic mass is 9.99. The van der Waals surface area contributed by atoms with Crippen LogP contribution in [0.4, 0.5) is 5.69 Å². The van der Waals surface area contributed by atoms with Crippen LogP contribution >= 0.6 is 0 Å². The first-order chi connectivity index (χ1) is 18.4. The number of aromatic nitrogens is 2. The zero-order valence-corrected chi connectivity index (χ0v) is 26.1. The summed E-state index contributed by atoms with van der Waals surface area (Å²) in [5.74, 6) is 0.784. The van der Waals surface area contributed by atoms with Crippen molar-refractivity contribution < 1.29 is 0 Å². The summed E-state index contributed by atoms with van der Waals surface area (Å²) in [5, 5.41) is 0. The first-order valence-electron chi connectivity index (χ1n) is 14.4. The van der Waals surface area contributed by atoms with Gasteiger partial charge in [-0.25, -0.2) is 4.98 Å². The van der Waals surface area contributed by atoms with Gasteiger partial charge in [-0.1, -0.05) is 51.0 Å². The van der Waals surface area contributed by atoms with Crippen LogP contribution in [0.2, 0.25) is 0 Å². The highest BCUT2D eigenvalue weighted by Gasteiger charge is 2.22. The monoisotopic (exact) mass is 533 g/mol. The molecule has 2 aromatic heterocycles. The number of aliphatic imine (C=N–C) groups is 1. The summed E-state index contributed by atoms with van der Waals surface area (Å²) in [4.78, 5) is 26.8. The van der Waals surface area contributed by atoms with Gasteiger partial charge in [-0.2, -0.15) is 0 Å². The molecular weight excluding hydrogens is 482 g/mol. The second-order valence-corrected chi connectivity index (χ2v) is 11.1. The molecule has 1 aliphatic rings. The first-order valence-corrected chi connectivity index (χ1v) is 14.4. The van der Waals surface area contributed by atoms with Gasteiger partial charge in [0.1, 0.15) is 5.65 Å². The fraction of sp³-hybridized carbons (Fsp3) is 0.545. The number of allylic oxidation sites excluding steroid dienone is 5. The Hall–Kier alpha value is -2.99. The number of fused-ring (bicyclic) bond motifs is 1. The standard InChI is InChI=1S/C23H31N5O.C10H20/c1-15(2)16(3)11-20(24-6)21-12-22(29)28-14-19(10-17(4)23(28)25-21)27-9-8-26(7)18(5)13-27;1-5-7-8-10(4)9(3)6-2/h10-12,14,18H,1,8-9,13H2,2-7H3;8-9H,5-7H2,1-4H3/b16-11+,24-20?;10-8-/t18-;/m1./s1. The van der Waals surface area contributed by atoms with E-state index in [1.165, 1.54) is 19.3 Å². The fourth-order valence-electron chi connectivity index (χ4n) is 4.41. The Morgan fingerprint density at radius 2 is 1.92 bits per heavy atom. The summed E-state index contributed by atoms with van der Waals surface area (Å²) in [6, 6.07) is 4.16. The molecule has 6 heteroatoms. The second-order valence-electron chi connectivity index (χ2n) is 11.1. The Bertz CT molecular complexity index is 1280. The summed E-state index contributed by atoms with van der Waals surface area (Å²) >= 11 is 0. The summed E-state index contributed by atoms with van der Waals surface area (Å²) in [7, 11) is 3.87. The van der Waals surface area contributed by atoms with E-state index in [-0.39, 0.29) is 5.56 Å². The van der Waals surface area contributed by atoms with Crippen molar-refractivity contribution in [3.63, 3.8) is 0 Å². The Balaban J connectivity index is 0.000000455. The largest absolute Gasteiger partial charge is 0.367 e. The zero-order chi connectivity index (χ0) is 29.3. The molecule has 2 atom stereocenters. The van der Waals surface area contributed by atoms with E-state index < -0.39 is 0 Å². The number of nitrogens with zero attached hydrogens (tertiary/aromatic N) is 5. The topological polar surface area (TPSA) is 53.2 Å². The lowest BCUT2D eigenvalue weighted by Gasteiger charge is -2.39. The molecule has 3 heterocycles. The molecule has 214 valence electrons. The van der Waals surface area contributed by atoms with Gasteiger partial charge in [-0.3, -0.25) is 14.2 Å². The van der Waals surface area contributed by atoms with Gasteiger partial charge in [-0.05, 0) is 83.7 Å². The first kappa shape index (κ1) is 32.2. The van der Waals surface area contributed by atoms with E-state index in [4.69, 9.17) is 4.98 Å². The van der Waals surface area contributed by atoms with Gasteiger partial charge in [0.15, 0.2) is 0 Å². The third-order valence-electron chi connectivity index (χ3n) is 7.93. The van der Waals surface area contributed by atoms with E-state index in [9.17, 15) is 4.79 Å². The minimum Gasteiger partial charge on any atom is -0.367 e. The molecule has 6 nitrogen and oxygen atoms in total. The molecule has 0 amide bonds. The molecule has 1 unspecified atom stereocenters. The van der Waals surface area contributed by atoms with Crippen molar-refractivity contribution in [2.75, 3.05) is 38.6 Å². The molecule has 0 spiro atoms. The lowest BCUT2D eigenvalue weighted by Crippen LogP contribution is -2.50. The van der Waals surface area contributed by atoms with Crippen LogP contribution in [0.25, 0.3) is 5.65 Å². The normalized spacial score (nSPS) is 18.2. The van der Waals surface area contributed by atoms with Gasteiger partial charge >= 0.3 is 0 Å². The zero-order valence-electron chi connectivity index (χ0n) is 26.1. The molecule has 39 heavy (non-hydrogen) atoms. The minimum absolute atomic E-state index is 0.0975. The number of hydrogen-bond acceptors (Lipinski definition) is 5. The van der Waals surface area contributed by atoms with E-state index >= 15 is 0 Å². The molecular formula is C33H51N5O. The van der Waals surface area contributed by atoms with Crippen molar-refractivity contribution in [3.05, 3.63) is 75.4 Å². The van der Waals surface area contributed by atoms with Gasteiger partial charge in [0.25, 0.3) is 5.56 Å². The average Bonchev–Trinajstić information content (AvgIpc) is 2.91. The number of anilines is 1. The summed E-state index contributed by atoms with van der Waals surface area (Å²) < 4.78 is 1.65. The number of unbranched alkanes of at least 4 members (excludes halogenated alkanes) is 1. The van der Waals surface area contributed by atoms with Crippen LogP contribution in [0.1, 0.15) is 79.0 Å². The summed E-state index contributed by atoms with van der Waals surface area (Å²) in [5.41, 5.74) is 7.42. The predicted molar refractivity (Wildman–Crippen MR) is 170 cm³/mol. The number of hydrogen-bond donors (Lipinski definition) is 0. The molecule has 1 aliphatic heterocycles. The molecule has 0 bridgehead atoms. The Labute approximate surface area is 236 Å². The van der Waals surface area contributed by atoms with E-state index in [2.05, 4.69) is 75.2 Å². The van der Waals surface area contributed by atoms with Crippen molar-refractivity contribution in [2.24, 2.45) is 10.9 Å². The summed E-state index contributed by atoms with van der Waals surface area (Å²) in [6.07, 6.45) is 10.00. The molecule has 0 aliphatic carbocycles. The number of piperazine rings is 1. The van der Waals surface area contributed by atoms with E-state index in [1.807, 2.05) is 33.0 Å². The maximum Gasteiger partial charge on any atom is 0.258 e.